The van der Waals surface area contributed by atoms with Gasteiger partial charge in [-0.3, -0.25) is 0 Å². The van der Waals surface area contributed by atoms with E-state index in [0.717, 1.165) is 18.6 Å². The van der Waals surface area contributed by atoms with Crippen LogP contribution in [0.2, 0.25) is 0 Å². The Hall–Kier alpha value is -0.120. The van der Waals surface area contributed by atoms with Crippen LogP contribution in [0.25, 0.3) is 0 Å². The molecule has 0 fully saturated rings. The number of aliphatic hydroxyl groups is 1. The molecule has 18 heavy (non-hydrogen) atoms. The highest BCUT2D eigenvalue weighted by Crippen LogP contribution is 2.29. The fraction of sp³-hybridized carbons (Fsp3) is 0.600. The van der Waals surface area contributed by atoms with E-state index in [4.69, 9.17) is 0 Å². The summed E-state index contributed by atoms with van der Waals surface area (Å²) in [5, 5.41) is 11.1. The zero-order chi connectivity index (χ0) is 13.4. The smallest absolute Gasteiger partial charge is 0.0666 e. The van der Waals surface area contributed by atoms with Crippen molar-refractivity contribution in [2.75, 3.05) is 5.75 Å². The van der Waals surface area contributed by atoms with E-state index in [1.165, 1.54) is 4.90 Å². The van der Waals surface area contributed by atoms with E-state index >= 15 is 0 Å². The minimum atomic E-state index is -0.182. The van der Waals surface area contributed by atoms with Crippen LogP contribution in [0.1, 0.15) is 33.6 Å². The fourth-order valence-electron chi connectivity index (χ4n) is 1.77. The lowest BCUT2D eigenvalue weighted by molar-refractivity contribution is 0.166. The summed E-state index contributed by atoms with van der Waals surface area (Å²) in [7, 11) is 0. The molecule has 0 saturated carbocycles. The van der Waals surface area contributed by atoms with Gasteiger partial charge in [0.25, 0.3) is 0 Å². The summed E-state index contributed by atoms with van der Waals surface area (Å²) in [6, 6.07) is 10.4. The number of hydrogen-bond donors (Lipinski definition) is 1. The fourth-order valence-corrected chi connectivity index (χ4v) is 4.23. The number of rotatable bonds is 8. The highest BCUT2D eigenvalue weighted by atomic mass is 32.2. The standard InChI is InChI=1S/C15H24OS2/c1-4-8-14(16)15(18-12(2)3)11-17-13-9-6-5-7-10-13/h5-7,9-10,12,14-16H,4,8,11H2,1-3H3/t14-,15-/m1/s1. The molecule has 102 valence electrons. The molecule has 0 bridgehead atoms. The minimum absolute atomic E-state index is 0.182. The Morgan fingerprint density at radius 2 is 1.83 bits per heavy atom. The van der Waals surface area contributed by atoms with Crippen molar-refractivity contribution >= 4 is 23.5 Å². The number of thioether (sulfide) groups is 2. The van der Waals surface area contributed by atoms with Crippen LogP contribution in [0.5, 0.6) is 0 Å². The van der Waals surface area contributed by atoms with Crippen molar-refractivity contribution in [1.29, 1.82) is 0 Å². The van der Waals surface area contributed by atoms with E-state index in [0.29, 0.717) is 10.5 Å². The first-order valence-corrected chi connectivity index (χ1v) is 8.57. The van der Waals surface area contributed by atoms with E-state index in [-0.39, 0.29) is 6.10 Å². The number of aliphatic hydroxyl groups excluding tert-OH is 1. The Labute approximate surface area is 120 Å². The Kier molecular flexibility index (Phi) is 7.87. The van der Waals surface area contributed by atoms with Gasteiger partial charge in [-0.15, -0.1) is 11.8 Å². The predicted molar refractivity (Wildman–Crippen MR) is 84.6 cm³/mol. The van der Waals surface area contributed by atoms with E-state index in [2.05, 4.69) is 45.0 Å². The van der Waals surface area contributed by atoms with Gasteiger partial charge in [0.1, 0.15) is 0 Å². The monoisotopic (exact) mass is 284 g/mol. The highest BCUT2D eigenvalue weighted by Gasteiger charge is 2.20. The van der Waals surface area contributed by atoms with E-state index < -0.39 is 0 Å². The van der Waals surface area contributed by atoms with Crippen molar-refractivity contribution in [3.05, 3.63) is 30.3 Å². The molecular weight excluding hydrogens is 260 g/mol. The van der Waals surface area contributed by atoms with E-state index in [1.807, 2.05) is 29.6 Å². The van der Waals surface area contributed by atoms with Crippen molar-refractivity contribution in [2.45, 2.75) is 55.1 Å². The topological polar surface area (TPSA) is 20.2 Å². The Morgan fingerprint density at radius 3 is 2.39 bits per heavy atom. The summed E-state index contributed by atoms with van der Waals surface area (Å²) in [5.41, 5.74) is 0. The molecular formula is C15H24OS2. The van der Waals surface area contributed by atoms with Crippen molar-refractivity contribution in [1.82, 2.24) is 0 Å². The van der Waals surface area contributed by atoms with Crippen LogP contribution in [0, 0.1) is 0 Å². The Bertz CT molecular complexity index is 314. The summed E-state index contributed by atoms with van der Waals surface area (Å²) in [5.74, 6) is 0.980. The summed E-state index contributed by atoms with van der Waals surface area (Å²) < 4.78 is 0. The summed E-state index contributed by atoms with van der Waals surface area (Å²) >= 11 is 3.74. The predicted octanol–water partition coefficient (Wildman–Crippen LogP) is 4.45. The maximum atomic E-state index is 10.2. The van der Waals surface area contributed by atoms with Crippen molar-refractivity contribution < 1.29 is 5.11 Å². The van der Waals surface area contributed by atoms with Gasteiger partial charge in [0.15, 0.2) is 0 Å². The minimum Gasteiger partial charge on any atom is -0.392 e. The van der Waals surface area contributed by atoms with Crippen LogP contribution < -0.4 is 0 Å². The Balaban J connectivity index is 2.50. The lowest BCUT2D eigenvalue weighted by atomic mass is 10.1. The molecule has 1 rings (SSSR count). The summed E-state index contributed by atoms with van der Waals surface area (Å²) in [6.45, 7) is 6.53. The summed E-state index contributed by atoms with van der Waals surface area (Å²) in [4.78, 5) is 1.29. The average molecular weight is 284 g/mol. The second kappa shape index (κ2) is 8.89. The first-order chi connectivity index (χ1) is 8.63. The van der Waals surface area contributed by atoms with Crippen LogP contribution in [-0.4, -0.2) is 27.5 Å². The molecule has 0 unspecified atom stereocenters. The third-order valence-corrected chi connectivity index (χ3v) is 5.34. The average Bonchev–Trinajstić information content (AvgIpc) is 2.35. The molecule has 0 aliphatic rings. The van der Waals surface area contributed by atoms with Crippen molar-refractivity contribution in [3.63, 3.8) is 0 Å². The zero-order valence-electron chi connectivity index (χ0n) is 11.5. The van der Waals surface area contributed by atoms with Crippen LogP contribution >= 0.6 is 23.5 Å². The first-order valence-electron chi connectivity index (χ1n) is 6.64. The quantitative estimate of drug-likeness (QED) is 0.712. The van der Waals surface area contributed by atoms with Gasteiger partial charge >= 0.3 is 0 Å². The maximum Gasteiger partial charge on any atom is 0.0666 e. The Morgan fingerprint density at radius 1 is 1.17 bits per heavy atom. The van der Waals surface area contributed by atoms with Gasteiger partial charge in [0.2, 0.25) is 0 Å². The van der Waals surface area contributed by atoms with Crippen LogP contribution in [0.3, 0.4) is 0 Å². The maximum absolute atomic E-state index is 10.2. The van der Waals surface area contributed by atoms with E-state index in [1.54, 1.807) is 0 Å². The molecule has 2 atom stereocenters. The van der Waals surface area contributed by atoms with Gasteiger partial charge in [0, 0.05) is 15.9 Å². The molecule has 0 amide bonds. The molecule has 1 aromatic carbocycles. The van der Waals surface area contributed by atoms with Gasteiger partial charge in [-0.25, -0.2) is 0 Å². The third-order valence-electron chi connectivity index (χ3n) is 2.62. The number of hydrogen-bond acceptors (Lipinski definition) is 3. The number of benzene rings is 1. The SMILES string of the molecule is CCC[C@@H](O)[C@@H](CSc1ccccc1)SC(C)C. The van der Waals surface area contributed by atoms with Crippen molar-refractivity contribution in [2.24, 2.45) is 0 Å². The largest absolute Gasteiger partial charge is 0.392 e. The molecule has 0 spiro atoms. The molecule has 3 heteroatoms. The second-order valence-electron chi connectivity index (χ2n) is 4.70. The molecule has 1 N–H and O–H groups in total. The van der Waals surface area contributed by atoms with Gasteiger partial charge in [-0.2, -0.15) is 11.8 Å². The van der Waals surface area contributed by atoms with Crippen LogP contribution in [-0.2, 0) is 0 Å². The molecule has 0 saturated heterocycles. The summed E-state index contributed by atoms with van der Waals surface area (Å²) in [6.07, 6.45) is 1.77. The molecule has 0 heterocycles. The highest BCUT2D eigenvalue weighted by molar-refractivity contribution is 8.03. The van der Waals surface area contributed by atoms with Gasteiger partial charge in [-0.05, 0) is 23.8 Å². The lowest BCUT2D eigenvalue weighted by Crippen LogP contribution is -2.26. The van der Waals surface area contributed by atoms with Gasteiger partial charge in [0.05, 0.1) is 6.10 Å². The van der Waals surface area contributed by atoms with E-state index in [9.17, 15) is 5.11 Å². The van der Waals surface area contributed by atoms with Crippen molar-refractivity contribution in [3.8, 4) is 0 Å². The van der Waals surface area contributed by atoms with Crippen LogP contribution in [0.15, 0.2) is 35.2 Å². The molecule has 0 aliphatic heterocycles. The molecule has 1 aromatic rings. The molecule has 0 aromatic heterocycles. The second-order valence-corrected chi connectivity index (χ2v) is 7.62. The van der Waals surface area contributed by atoms with Crippen LogP contribution in [0.4, 0.5) is 0 Å². The van der Waals surface area contributed by atoms with Gasteiger partial charge < -0.3 is 5.11 Å². The lowest BCUT2D eigenvalue weighted by Gasteiger charge is -2.23. The first kappa shape index (κ1) is 15.9. The zero-order valence-corrected chi connectivity index (χ0v) is 13.1. The molecule has 0 aliphatic carbocycles. The normalized spacial score (nSPS) is 14.7. The van der Waals surface area contributed by atoms with Gasteiger partial charge in [-0.1, -0.05) is 45.4 Å². The molecule has 1 nitrogen and oxygen atoms in total. The third kappa shape index (κ3) is 6.17. The molecule has 0 radical (unpaired) electrons.